The molecule has 0 amide bonds. The molecule has 1 aliphatic carbocycles. The molecule has 0 aromatic carbocycles. The van der Waals surface area contributed by atoms with Crippen molar-refractivity contribution < 1.29 is 4.74 Å². The summed E-state index contributed by atoms with van der Waals surface area (Å²) >= 11 is 0. The van der Waals surface area contributed by atoms with Gasteiger partial charge in [-0.05, 0) is 19.8 Å². The second-order valence-electron chi connectivity index (χ2n) is 4.92. The zero-order chi connectivity index (χ0) is 10.7. The van der Waals surface area contributed by atoms with Crippen LogP contribution in [0, 0.1) is 5.41 Å². The molecule has 0 unspecified atom stereocenters. The zero-order valence-corrected chi connectivity index (χ0v) is 9.68. The summed E-state index contributed by atoms with van der Waals surface area (Å²) in [5.41, 5.74) is 0.270. The molecule has 4 heteroatoms. The van der Waals surface area contributed by atoms with E-state index in [0.29, 0.717) is 6.04 Å². The number of hydrogen-bond acceptors (Lipinski definition) is 2. The Hall–Kier alpha value is -0.770. The van der Waals surface area contributed by atoms with E-state index in [4.69, 9.17) is 4.74 Å². The number of rotatable bonds is 4. The first kappa shape index (κ1) is 10.7. The fraction of sp³-hybridized carbons (Fsp3) is 0.909. The van der Waals surface area contributed by atoms with Crippen molar-refractivity contribution in [1.82, 2.24) is 10.6 Å². The van der Waals surface area contributed by atoms with Gasteiger partial charge in [-0.2, -0.15) is 0 Å². The Kier molecular flexibility index (Phi) is 3.14. The molecule has 1 saturated carbocycles. The molecule has 0 radical (unpaired) electrons. The normalized spacial score (nSPS) is 24.5. The summed E-state index contributed by atoms with van der Waals surface area (Å²) in [5, 5.41) is 6.68. The van der Waals surface area contributed by atoms with Gasteiger partial charge in [0.05, 0.1) is 19.8 Å². The summed E-state index contributed by atoms with van der Waals surface area (Å²) < 4.78 is 5.21. The van der Waals surface area contributed by atoms with Gasteiger partial charge in [-0.3, -0.25) is 4.99 Å². The number of aliphatic imine (C=N–C) groups is 1. The summed E-state index contributed by atoms with van der Waals surface area (Å²) in [4.78, 5) is 4.60. The molecule has 4 nitrogen and oxygen atoms in total. The Balaban J connectivity index is 1.81. The van der Waals surface area contributed by atoms with Gasteiger partial charge < -0.3 is 15.4 Å². The van der Waals surface area contributed by atoms with Crippen LogP contribution < -0.4 is 10.6 Å². The molecular formula is C11H21N3O. The van der Waals surface area contributed by atoms with Crippen LogP contribution in [0.5, 0.6) is 0 Å². The minimum Gasteiger partial charge on any atom is -0.380 e. The van der Waals surface area contributed by atoms with E-state index in [2.05, 4.69) is 29.5 Å². The smallest absolute Gasteiger partial charge is 0.191 e. The standard InChI is InChI=1S/C11H21N3O/c1-3-12-10(14-9-4-5-9)13-6-11(2)7-15-8-11/h9H,3-8H2,1-2H3,(H2,12,13,14). The Morgan fingerprint density at radius 3 is 2.67 bits per heavy atom. The lowest BCUT2D eigenvalue weighted by Gasteiger charge is -2.36. The average Bonchev–Trinajstić information content (AvgIpc) is 2.95. The quantitative estimate of drug-likeness (QED) is 0.532. The van der Waals surface area contributed by atoms with E-state index < -0.39 is 0 Å². The van der Waals surface area contributed by atoms with E-state index in [9.17, 15) is 0 Å². The van der Waals surface area contributed by atoms with Gasteiger partial charge in [-0.15, -0.1) is 0 Å². The van der Waals surface area contributed by atoms with Gasteiger partial charge in [-0.25, -0.2) is 0 Å². The van der Waals surface area contributed by atoms with Crippen molar-refractivity contribution in [2.24, 2.45) is 10.4 Å². The number of nitrogens with one attached hydrogen (secondary N) is 2. The van der Waals surface area contributed by atoms with Crippen LogP contribution in [0.4, 0.5) is 0 Å². The first-order valence-electron chi connectivity index (χ1n) is 5.84. The van der Waals surface area contributed by atoms with Crippen LogP contribution in [0.15, 0.2) is 4.99 Å². The fourth-order valence-electron chi connectivity index (χ4n) is 1.55. The topological polar surface area (TPSA) is 45.7 Å². The molecule has 0 aromatic heterocycles. The number of ether oxygens (including phenoxy) is 1. The zero-order valence-electron chi connectivity index (χ0n) is 9.68. The summed E-state index contributed by atoms with van der Waals surface area (Å²) in [6.45, 7) is 7.79. The molecule has 15 heavy (non-hydrogen) atoms. The maximum absolute atomic E-state index is 5.21. The highest BCUT2D eigenvalue weighted by Gasteiger charge is 2.33. The minimum absolute atomic E-state index is 0.270. The Morgan fingerprint density at radius 2 is 2.20 bits per heavy atom. The molecule has 2 fully saturated rings. The van der Waals surface area contributed by atoms with Crippen molar-refractivity contribution in [3.05, 3.63) is 0 Å². The lowest BCUT2D eigenvalue weighted by Crippen LogP contribution is -2.44. The lowest BCUT2D eigenvalue weighted by molar-refractivity contribution is -0.0945. The molecule has 2 N–H and O–H groups in total. The predicted octanol–water partition coefficient (Wildman–Crippen LogP) is 0.740. The second kappa shape index (κ2) is 4.39. The molecule has 0 bridgehead atoms. The average molecular weight is 211 g/mol. The van der Waals surface area contributed by atoms with Crippen molar-refractivity contribution in [1.29, 1.82) is 0 Å². The van der Waals surface area contributed by atoms with Crippen LogP contribution in [0.2, 0.25) is 0 Å². The molecule has 2 rings (SSSR count). The van der Waals surface area contributed by atoms with E-state index in [1.807, 2.05) is 0 Å². The summed E-state index contributed by atoms with van der Waals surface area (Å²) in [5.74, 6) is 0.966. The first-order valence-corrected chi connectivity index (χ1v) is 5.84. The van der Waals surface area contributed by atoms with Gasteiger partial charge in [-0.1, -0.05) is 6.92 Å². The van der Waals surface area contributed by atoms with Gasteiger partial charge >= 0.3 is 0 Å². The third-order valence-corrected chi connectivity index (χ3v) is 2.78. The van der Waals surface area contributed by atoms with Crippen LogP contribution in [-0.2, 0) is 4.74 Å². The van der Waals surface area contributed by atoms with Crippen molar-refractivity contribution in [3.63, 3.8) is 0 Å². The molecule has 1 heterocycles. The number of hydrogen-bond donors (Lipinski definition) is 2. The van der Waals surface area contributed by atoms with Crippen LogP contribution in [0.3, 0.4) is 0 Å². The molecular weight excluding hydrogens is 190 g/mol. The number of nitrogens with zero attached hydrogens (tertiary/aromatic N) is 1. The number of guanidine groups is 1. The van der Waals surface area contributed by atoms with Gasteiger partial charge in [0.1, 0.15) is 0 Å². The first-order chi connectivity index (χ1) is 7.22. The maximum atomic E-state index is 5.21. The van der Waals surface area contributed by atoms with E-state index in [1.165, 1.54) is 12.8 Å². The maximum Gasteiger partial charge on any atom is 0.191 e. The van der Waals surface area contributed by atoms with Crippen LogP contribution in [0.25, 0.3) is 0 Å². The fourth-order valence-corrected chi connectivity index (χ4v) is 1.55. The molecule has 0 atom stereocenters. The predicted molar refractivity (Wildman–Crippen MR) is 61.1 cm³/mol. The van der Waals surface area contributed by atoms with Crippen molar-refractivity contribution in [2.45, 2.75) is 32.7 Å². The summed E-state index contributed by atoms with van der Waals surface area (Å²) in [6.07, 6.45) is 2.57. The molecule has 86 valence electrons. The molecule has 1 aliphatic heterocycles. The summed E-state index contributed by atoms with van der Waals surface area (Å²) in [7, 11) is 0. The summed E-state index contributed by atoms with van der Waals surface area (Å²) in [6, 6.07) is 0.660. The third-order valence-electron chi connectivity index (χ3n) is 2.78. The molecule has 0 aromatic rings. The Bertz CT molecular complexity index is 244. The largest absolute Gasteiger partial charge is 0.380 e. The third kappa shape index (κ3) is 3.09. The second-order valence-corrected chi connectivity index (χ2v) is 4.92. The van der Waals surface area contributed by atoms with Crippen LogP contribution in [0.1, 0.15) is 26.7 Å². The van der Waals surface area contributed by atoms with Crippen molar-refractivity contribution in [3.8, 4) is 0 Å². The van der Waals surface area contributed by atoms with E-state index in [-0.39, 0.29) is 5.41 Å². The highest BCUT2D eigenvalue weighted by molar-refractivity contribution is 5.80. The monoisotopic (exact) mass is 211 g/mol. The van der Waals surface area contributed by atoms with E-state index in [1.54, 1.807) is 0 Å². The van der Waals surface area contributed by atoms with Gasteiger partial charge in [0.25, 0.3) is 0 Å². The van der Waals surface area contributed by atoms with Gasteiger partial charge in [0.2, 0.25) is 0 Å². The highest BCUT2D eigenvalue weighted by Crippen LogP contribution is 2.26. The Labute approximate surface area is 91.5 Å². The van der Waals surface area contributed by atoms with Gasteiger partial charge in [0.15, 0.2) is 5.96 Å². The highest BCUT2D eigenvalue weighted by atomic mass is 16.5. The van der Waals surface area contributed by atoms with Crippen LogP contribution >= 0.6 is 0 Å². The van der Waals surface area contributed by atoms with E-state index >= 15 is 0 Å². The van der Waals surface area contributed by atoms with Crippen LogP contribution in [-0.4, -0.2) is 38.3 Å². The molecule has 0 spiro atoms. The molecule has 2 aliphatic rings. The van der Waals surface area contributed by atoms with Crippen molar-refractivity contribution in [2.75, 3.05) is 26.3 Å². The van der Waals surface area contributed by atoms with Crippen molar-refractivity contribution >= 4 is 5.96 Å². The van der Waals surface area contributed by atoms with Gasteiger partial charge in [0, 0.05) is 18.0 Å². The Morgan fingerprint density at radius 1 is 1.47 bits per heavy atom. The molecule has 1 saturated heterocycles. The van der Waals surface area contributed by atoms with E-state index in [0.717, 1.165) is 32.3 Å². The minimum atomic E-state index is 0.270. The SMILES string of the molecule is CCNC(=NCC1(C)COC1)NC1CC1. The lowest BCUT2D eigenvalue weighted by atomic mass is 9.89.